The standard InChI is InChI=1S/C24H30N4/c1-4-28(5-2)16-10-11-17(3)25-22-18-12-6-8-14-20(18)26-23-19-13-7-9-15-21(19)27-24(22)23/h6-9,12-15,17,27H,4-5,10-11,16H2,1-3H3,(H,25,26)/t17-/m0/s1. The van der Waals surface area contributed by atoms with Crippen molar-refractivity contribution in [1.29, 1.82) is 0 Å². The lowest BCUT2D eigenvalue weighted by Crippen LogP contribution is -2.25. The first-order chi connectivity index (χ1) is 13.7. The quantitative estimate of drug-likeness (QED) is 0.410. The molecular weight excluding hydrogens is 344 g/mol. The van der Waals surface area contributed by atoms with Crippen molar-refractivity contribution >= 4 is 38.5 Å². The summed E-state index contributed by atoms with van der Waals surface area (Å²) in [6.07, 6.45) is 2.35. The molecule has 0 saturated carbocycles. The molecule has 2 N–H and O–H groups in total. The van der Waals surface area contributed by atoms with Crippen LogP contribution in [0, 0.1) is 0 Å². The van der Waals surface area contributed by atoms with Crippen LogP contribution in [0.2, 0.25) is 0 Å². The van der Waals surface area contributed by atoms with E-state index >= 15 is 0 Å². The number of rotatable bonds is 8. The van der Waals surface area contributed by atoms with Crippen LogP contribution in [0.15, 0.2) is 48.5 Å². The number of nitrogens with zero attached hydrogens (tertiary/aromatic N) is 2. The van der Waals surface area contributed by atoms with E-state index < -0.39 is 0 Å². The summed E-state index contributed by atoms with van der Waals surface area (Å²) in [6, 6.07) is 17.2. The van der Waals surface area contributed by atoms with Gasteiger partial charge in [0, 0.05) is 22.3 Å². The molecule has 28 heavy (non-hydrogen) atoms. The lowest BCUT2D eigenvalue weighted by Gasteiger charge is -2.21. The molecule has 2 aromatic heterocycles. The second kappa shape index (κ2) is 8.19. The Labute approximate surface area is 166 Å². The average Bonchev–Trinajstić information content (AvgIpc) is 3.10. The van der Waals surface area contributed by atoms with Crippen molar-refractivity contribution < 1.29 is 0 Å². The van der Waals surface area contributed by atoms with Crippen LogP contribution in [0.5, 0.6) is 0 Å². The highest BCUT2D eigenvalue weighted by Crippen LogP contribution is 2.35. The minimum Gasteiger partial charge on any atom is -0.380 e. The zero-order valence-electron chi connectivity index (χ0n) is 17.1. The number of nitrogens with one attached hydrogen (secondary N) is 2. The predicted octanol–water partition coefficient (Wildman–Crippen LogP) is 5.79. The summed E-state index contributed by atoms with van der Waals surface area (Å²) in [5.41, 5.74) is 5.50. The largest absolute Gasteiger partial charge is 0.380 e. The lowest BCUT2D eigenvalue weighted by atomic mass is 10.1. The van der Waals surface area contributed by atoms with Crippen molar-refractivity contribution in [2.45, 2.75) is 39.7 Å². The molecule has 0 radical (unpaired) electrons. The molecule has 2 aromatic carbocycles. The maximum Gasteiger partial charge on any atom is 0.0986 e. The van der Waals surface area contributed by atoms with E-state index in [0.29, 0.717) is 6.04 Å². The van der Waals surface area contributed by atoms with Gasteiger partial charge in [-0.15, -0.1) is 0 Å². The Morgan fingerprint density at radius 2 is 1.71 bits per heavy atom. The summed E-state index contributed by atoms with van der Waals surface area (Å²) in [6.45, 7) is 10.2. The van der Waals surface area contributed by atoms with Crippen LogP contribution in [-0.2, 0) is 0 Å². The Kier molecular flexibility index (Phi) is 5.49. The average molecular weight is 375 g/mol. The second-order valence-corrected chi connectivity index (χ2v) is 7.61. The van der Waals surface area contributed by atoms with Crippen LogP contribution < -0.4 is 5.32 Å². The number of hydrogen-bond acceptors (Lipinski definition) is 3. The van der Waals surface area contributed by atoms with Crippen LogP contribution in [0.1, 0.15) is 33.6 Å². The van der Waals surface area contributed by atoms with Crippen LogP contribution in [-0.4, -0.2) is 40.5 Å². The van der Waals surface area contributed by atoms with Gasteiger partial charge in [-0.05, 0) is 51.5 Å². The van der Waals surface area contributed by atoms with E-state index in [2.05, 4.69) is 84.5 Å². The van der Waals surface area contributed by atoms with E-state index in [9.17, 15) is 0 Å². The predicted molar refractivity (Wildman–Crippen MR) is 121 cm³/mol. The van der Waals surface area contributed by atoms with Crippen molar-refractivity contribution in [2.75, 3.05) is 25.0 Å². The molecule has 0 amide bonds. The summed E-state index contributed by atoms with van der Waals surface area (Å²) in [5, 5.41) is 6.17. The van der Waals surface area contributed by atoms with E-state index in [-0.39, 0.29) is 0 Å². The topological polar surface area (TPSA) is 44.0 Å². The third-order valence-electron chi connectivity index (χ3n) is 5.73. The molecule has 4 nitrogen and oxygen atoms in total. The van der Waals surface area contributed by atoms with Gasteiger partial charge < -0.3 is 15.2 Å². The molecule has 0 fully saturated rings. The van der Waals surface area contributed by atoms with Crippen molar-refractivity contribution in [1.82, 2.24) is 14.9 Å². The summed E-state index contributed by atoms with van der Waals surface area (Å²) >= 11 is 0. The molecule has 0 unspecified atom stereocenters. The minimum absolute atomic E-state index is 0.399. The smallest absolute Gasteiger partial charge is 0.0986 e. The molecular formula is C24H30N4. The first kappa shape index (κ1) is 18.8. The number of anilines is 1. The monoisotopic (exact) mass is 374 g/mol. The van der Waals surface area contributed by atoms with Gasteiger partial charge in [-0.3, -0.25) is 0 Å². The number of pyridine rings is 1. The number of para-hydroxylation sites is 2. The van der Waals surface area contributed by atoms with Gasteiger partial charge in [0.25, 0.3) is 0 Å². The van der Waals surface area contributed by atoms with Gasteiger partial charge in [-0.25, -0.2) is 4.98 Å². The number of aromatic amines is 1. The van der Waals surface area contributed by atoms with Crippen molar-refractivity contribution in [2.24, 2.45) is 0 Å². The van der Waals surface area contributed by atoms with Gasteiger partial charge in [0.1, 0.15) is 0 Å². The third kappa shape index (κ3) is 3.57. The van der Waals surface area contributed by atoms with Gasteiger partial charge in [-0.1, -0.05) is 50.2 Å². The third-order valence-corrected chi connectivity index (χ3v) is 5.73. The molecule has 4 rings (SSSR count). The molecule has 146 valence electrons. The highest BCUT2D eigenvalue weighted by atomic mass is 15.1. The van der Waals surface area contributed by atoms with Crippen LogP contribution in [0.4, 0.5) is 5.69 Å². The highest BCUT2D eigenvalue weighted by molar-refractivity contribution is 6.15. The normalized spacial score (nSPS) is 13.0. The molecule has 0 aliphatic rings. The SMILES string of the molecule is CCN(CC)CCC[C@H](C)Nc1c2ccccc2nc2c1[nH]c1ccccc12. The zero-order valence-corrected chi connectivity index (χ0v) is 17.1. The van der Waals surface area contributed by atoms with Gasteiger partial charge >= 0.3 is 0 Å². The molecule has 0 bridgehead atoms. The fraction of sp³-hybridized carbons (Fsp3) is 0.375. The Morgan fingerprint density at radius 3 is 2.50 bits per heavy atom. The fourth-order valence-electron chi connectivity index (χ4n) is 4.09. The molecule has 0 aliphatic heterocycles. The van der Waals surface area contributed by atoms with Crippen molar-refractivity contribution in [3.05, 3.63) is 48.5 Å². The molecule has 1 atom stereocenters. The number of benzene rings is 2. The molecule has 0 aliphatic carbocycles. The highest BCUT2D eigenvalue weighted by Gasteiger charge is 2.15. The van der Waals surface area contributed by atoms with Gasteiger partial charge in [0.15, 0.2) is 0 Å². The Hall–Kier alpha value is -2.59. The summed E-state index contributed by atoms with van der Waals surface area (Å²) in [4.78, 5) is 11.1. The van der Waals surface area contributed by atoms with Crippen molar-refractivity contribution in [3.63, 3.8) is 0 Å². The summed E-state index contributed by atoms with van der Waals surface area (Å²) < 4.78 is 0. The van der Waals surface area contributed by atoms with Crippen molar-refractivity contribution in [3.8, 4) is 0 Å². The first-order valence-electron chi connectivity index (χ1n) is 10.5. The summed E-state index contributed by atoms with van der Waals surface area (Å²) in [7, 11) is 0. The van der Waals surface area contributed by atoms with Crippen LogP contribution in [0.3, 0.4) is 0 Å². The number of fused-ring (bicyclic) bond motifs is 4. The van der Waals surface area contributed by atoms with E-state index in [1.54, 1.807) is 0 Å². The van der Waals surface area contributed by atoms with Crippen LogP contribution >= 0.6 is 0 Å². The maximum atomic E-state index is 4.96. The fourth-order valence-corrected chi connectivity index (χ4v) is 4.09. The first-order valence-corrected chi connectivity index (χ1v) is 10.5. The Bertz CT molecular complexity index is 1080. The molecule has 0 saturated heterocycles. The van der Waals surface area contributed by atoms with Gasteiger partial charge in [0.2, 0.25) is 0 Å². The zero-order chi connectivity index (χ0) is 19.5. The van der Waals surface area contributed by atoms with E-state index in [1.165, 1.54) is 22.9 Å². The minimum atomic E-state index is 0.399. The summed E-state index contributed by atoms with van der Waals surface area (Å²) in [5.74, 6) is 0. The lowest BCUT2D eigenvalue weighted by molar-refractivity contribution is 0.295. The molecule has 2 heterocycles. The number of H-pyrrole nitrogens is 1. The van der Waals surface area contributed by atoms with E-state index in [1.807, 2.05) is 0 Å². The molecule has 0 spiro atoms. The Morgan fingerprint density at radius 1 is 1.00 bits per heavy atom. The van der Waals surface area contributed by atoms with Crippen LogP contribution in [0.25, 0.3) is 32.8 Å². The number of aromatic nitrogens is 2. The molecule has 4 heteroatoms. The van der Waals surface area contributed by atoms with Gasteiger partial charge in [-0.2, -0.15) is 0 Å². The Balaban J connectivity index is 1.68. The van der Waals surface area contributed by atoms with Gasteiger partial charge in [0.05, 0.1) is 22.2 Å². The maximum absolute atomic E-state index is 4.96. The molecule has 4 aromatic rings. The second-order valence-electron chi connectivity index (χ2n) is 7.61. The number of hydrogen-bond donors (Lipinski definition) is 2. The van der Waals surface area contributed by atoms with E-state index in [4.69, 9.17) is 4.98 Å². The van der Waals surface area contributed by atoms with E-state index in [0.717, 1.165) is 48.1 Å².